The van der Waals surface area contributed by atoms with Gasteiger partial charge in [0.15, 0.2) is 10.8 Å². The predicted octanol–water partition coefficient (Wildman–Crippen LogP) is 4.61. The summed E-state index contributed by atoms with van der Waals surface area (Å²) in [6, 6.07) is 12.6. The Balaban J connectivity index is 1.69. The van der Waals surface area contributed by atoms with Crippen LogP contribution in [0.4, 0.5) is 5.13 Å². The van der Waals surface area contributed by atoms with E-state index in [2.05, 4.69) is 20.5 Å². The number of hydrogen-bond donors (Lipinski definition) is 2. The summed E-state index contributed by atoms with van der Waals surface area (Å²) >= 11 is 7.60. The number of benzene rings is 2. The molecule has 142 valence electrons. The Kier molecular flexibility index (Phi) is 4.89. The quantitative estimate of drug-likeness (QED) is 0.497. The maximum absolute atomic E-state index is 12.8. The van der Waals surface area contributed by atoms with Gasteiger partial charge in [0.2, 0.25) is 0 Å². The van der Waals surface area contributed by atoms with Gasteiger partial charge in [0.1, 0.15) is 21.8 Å². The molecule has 0 aliphatic carbocycles. The van der Waals surface area contributed by atoms with Crippen molar-refractivity contribution in [1.82, 2.24) is 15.2 Å². The summed E-state index contributed by atoms with van der Waals surface area (Å²) in [6.45, 7) is 0. The first kappa shape index (κ1) is 18.3. The molecule has 2 N–H and O–H groups in total. The zero-order chi connectivity index (χ0) is 19.7. The molecule has 0 fully saturated rings. The smallest absolute Gasteiger partial charge is 0.265 e. The molecule has 9 heteroatoms. The van der Waals surface area contributed by atoms with E-state index in [0.29, 0.717) is 32.9 Å². The van der Waals surface area contributed by atoms with Crippen LogP contribution < -0.4 is 14.8 Å². The number of rotatable bonds is 5. The molecule has 0 unspecified atom stereocenters. The van der Waals surface area contributed by atoms with Crippen LogP contribution in [-0.2, 0) is 0 Å². The lowest BCUT2D eigenvalue weighted by Gasteiger charge is -2.11. The molecular weight excluding hydrogens is 400 g/mol. The van der Waals surface area contributed by atoms with Crippen LogP contribution in [0.25, 0.3) is 21.6 Å². The van der Waals surface area contributed by atoms with Crippen molar-refractivity contribution in [3.05, 3.63) is 53.1 Å². The number of carbonyl (C=O) groups excluding carboxylic acids is 1. The second-order valence-electron chi connectivity index (χ2n) is 5.74. The van der Waals surface area contributed by atoms with Crippen molar-refractivity contribution >= 4 is 44.3 Å². The Morgan fingerprint density at radius 1 is 1.11 bits per heavy atom. The van der Waals surface area contributed by atoms with Crippen molar-refractivity contribution in [3.63, 3.8) is 0 Å². The van der Waals surface area contributed by atoms with E-state index in [1.54, 1.807) is 24.3 Å². The van der Waals surface area contributed by atoms with Crippen molar-refractivity contribution in [2.75, 3.05) is 19.5 Å². The zero-order valence-electron chi connectivity index (χ0n) is 14.9. The second-order valence-corrected chi connectivity index (χ2v) is 7.15. The van der Waals surface area contributed by atoms with E-state index in [-0.39, 0.29) is 5.91 Å². The van der Waals surface area contributed by atoms with E-state index >= 15 is 0 Å². The highest BCUT2D eigenvalue weighted by Crippen LogP contribution is 2.37. The van der Waals surface area contributed by atoms with Crippen LogP contribution in [0.15, 0.2) is 42.5 Å². The van der Waals surface area contributed by atoms with E-state index in [1.807, 2.05) is 18.2 Å². The van der Waals surface area contributed by atoms with Gasteiger partial charge in [-0.15, -0.1) is 0 Å². The number of nitrogens with one attached hydrogen (secondary N) is 2. The number of hydrogen-bond acceptors (Lipinski definition) is 6. The first-order chi connectivity index (χ1) is 13.6. The summed E-state index contributed by atoms with van der Waals surface area (Å²) in [5.74, 6) is 0.445. The fourth-order valence-electron chi connectivity index (χ4n) is 2.84. The zero-order valence-corrected chi connectivity index (χ0v) is 16.5. The first-order valence-corrected chi connectivity index (χ1v) is 9.44. The summed E-state index contributed by atoms with van der Waals surface area (Å²) in [7, 11) is 3.00. The number of carbonyl (C=O) groups is 1. The molecule has 2 aromatic heterocycles. The molecule has 4 aromatic rings. The molecule has 0 aliphatic rings. The van der Waals surface area contributed by atoms with Crippen molar-refractivity contribution in [2.45, 2.75) is 0 Å². The van der Waals surface area contributed by atoms with Gasteiger partial charge in [-0.3, -0.25) is 15.2 Å². The maximum Gasteiger partial charge on any atom is 0.265 e. The summed E-state index contributed by atoms with van der Waals surface area (Å²) in [6.07, 6.45) is 0. The second kappa shape index (κ2) is 7.49. The molecule has 0 bridgehead atoms. The number of anilines is 1. The number of aromatic amines is 1. The van der Waals surface area contributed by atoms with Crippen LogP contribution in [0, 0.1) is 0 Å². The number of halogens is 1. The molecular formula is C19H15ClN4O3S. The monoisotopic (exact) mass is 414 g/mol. The molecule has 1 amide bonds. The van der Waals surface area contributed by atoms with Crippen LogP contribution in [0.3, 0.4) is 0 Å². The third-order valence-electron chi connectivity index (χ3n) is 4.13. The third kappa shape index (κ3) is 3.17. The Bertz CT molecular complexity index is 1150. The van der Waals surface area contributed by atoms with Crippen molar-refractivity contribution in [2.24, 2.45) is 0 Å². The number of aromatic nitrogens is 3. The van der Waals surface area contributed by atoms with Crippen LogP contribution in [0.5, 0.6) is 11.5 Å². The van der Waals surface area contributed by atoms with Gasteiger partial charge in [-0.25, -0.2) is 0 Å². The summed E-state index contributed by atoms with van der Waals surface area (Å²) in [4.78, 5) is 17.2. The molecule has 0 aliphatic heterocycles. The SMILES string of the molecule is COc1cccc(OC)c1C(=O)Nc1nc2n[nH]c(-c3ccccc3Cl)c2s1. The fraction of sp³-hybridized carbons (Fsp3) is 0.105. The maximum atomic E-state index is 12.8. The molecule has 0 saturated carbocycles. The van der Waals surface area contributed by atoms with Gasteiger partial charge < -0.3 is 9.47 Å². The molecule has 0 atom stereocenters. The standard InChI is InChI=1S/C19H15ClN4O3S/c1-26-12-8-5-9-13(27-2)14(12)18(25)22-19-21-17-16(28-19)15(23-24-17)10-6-3-4-7-11(10)20/h3-9H,1-2H3,(H2,21,22,23,24,25). The predicted molar refractivity (Wildman–Crippen MR) is 110 cm³/mol. The van der Waals surface area contributed by atoms with Crippen LogP contribution >= 0.6 is 22.9 Å². The van der Waals surface area contributed by atoms with E-state index in [0.717, 1.165) is 16.0 Å². The lowest BCUT2D eigenvalue weighted by molar-refractivity contribution is 0.102. The number of H-pyrrole nitrogens is 1. The van der Waals surface area contributed by atoms with Crippen LogP contribution in [0.1, 0.15) is 10.4 Å². The number of thiazole rings is 1. The number of nitrogens with zero attached hydrogens (tertiary/aromatic N) is 2. The van der Waals surface area contributed by atoms with Gasteiger partial charge >= 0.3 is 0 Å². The van der Waals surface area contributed by atoms with Gasteiger partial charge in [0, 0.05) is 10.6 Å². The summed E-state index contributed by atoms with van der Waals surface area (Å²) < 4.78 is 11.4. The molecule has 4 rings (SSSR count). The molecule has 0 spiro atoms. The van der Waals surface area contributed by atoms with E-state index < -0.39 is 0 Å². The van der Waals surface area contributed by atoms with E-state index in [4.69, 9.17) is 21.1 Å². The molecule has 7 nitrogen and oxygen atoms in total. The molecule has 28 heavy (non-hydrogen) atoms. The normalized spacial score (nSPS) is 10.8. The molecule has 0 radical (unpaired) electrons. The number of fused-ring (bicyclic) bond motifs is 1. The third-order valence-corrected chi connectivity index (χ3v) is 5.44. The number of amides is 1. The van der Waals surface area contributed by atoms with E-state index in [9.17, 15) is 4.79 Å². The average molecular weight is 415 g/mol. The Morgan fingerprint density at radius 2 is 1.82 bits per heavy atom. The highest BCUT2D eigenvalue weighted by atomic mass is 35.5. The van der Waals surface area contributed by atoms with Gasteiger partial charge in [-0.1, -0.05) is 47.2 Å². The minimum atomic E-state index is -0.381. The summed E-state index contributed by atoms with van der Waals surface area (Å²) in [5.41, 5.74) is 2.38. The minimum absolute atomic E-state index is 0.299. The minimum Gasteiger partial charge on any atom is -0.496 e. The topological polar surface area (TPSA) is 89.1 Å². The Morgan fingerprint density at radius 3 is 2.50 bits per heavy atom. The number of ether oxygens (including phenoxy) is 2. The fourth-order valence-corrected chi connectivity index (χ4v) is 3.98. The van der Waals surface area contributed by atoms with Gasteiger partial charge in [0.05, 0.1) is 19.9 Å². The van der Waals surface area contributed by atoms with Gasteiger partial charge in [0.25, 0.3) is 5.91 Å². The highest BCUT2D eigenvalue weighted by molar-refractivity contribution is 7.22. The Hall–Kier alpha value is -3.10. The van der Waals surface area contributed by atoms with Gasteiger partial charge in [-0.2, -0.15) is 10.1 Å². The van der Waals surface area contributed by atoms with Crippen molar-refractivity contribution in [1.29, 1.82) is 0 Å². The average Bonchev–Trinajstić information content (AvgIpc) is 3.27. The largest absolute Gasteiger partial charge is 0.496 e. The highest BCUT2D eigenvalue weighted by Gasteiger charge is 2.21. The summed E-state index contributed by atoms with van der Waals surface area (Å²) in [5, 5.41) is 11.0. The van der Waals surface area contributed by atoms with Crippen LogP contribution in [-0.4, -0.2) is 35.3 Å². The lowest BCUT2D eigenvalue weighted by atomic mass is 10.1. The lowest BCUT2D eigenvalue weighted by Crippen LogP contribution is -2.14. The van der Waals surface area contributed by atoms with Gasteiger partial charge in [-0.05, 0) is 18.2 Å². The number of methoxy groups -OCH3 is 2. The molecule has 0 saturated heterocycles. The molecule has 2 heterocycles. The molecule has 2 aromatic carbocycles. The van der Waals surface area contributed by atoms with Crippen molar-refractivity contribution < 1.29 is 14.3 Å². The first-order valence-electron chi connectivity index (χ1n) is 8.24. The van der Waals surface area contributed by atoms with Crippen molar-refractivity contribution in [3.8, 4) is 22.8 Å². The van der Waals surface area contributed by atoms with Crippen LogP contribution in [0.2, 0.25) is 5.02 Å². The van der Waals surface area contributed by atoms with E-state index in [1.165, 1.54) is 25.6 Å². The Labute approximate surface area is 169 Å².